The quantitative estimate of drug-likeness (QED) is 0.856. The summed E-state index contributed by atoms with van der Waals surface area (Å²) >= 11 is 0. The van der Waals surface area contributed by atoms with Crippen LogP contribution in [0.5, 0.6) is 0 Å². The molecule has 2 saturated heterocycles. The van der Waals surface area contributed by atoms with E-state index in [4.69, 9.17) is 13.9 Å². The van der Waals surface area contributed by atoms with Crippen molar-refractivity contribution in [1.82, 2.24) is 4.90 Å². The van der Waals surface area contributed by atoms with Crippen molar-refractivity contribution in [3.05, 3.63) is 23.7 Å². The molecule has 0 N–H and O–H groups in total. The SMILES string of the molecule is C[C@@H]1C[C@H]1c1ccc(CCC(=O)N2CCC3(CC2)OCCO3)o1. The fourth-order valence-electron chi connectivity index (χ4n) is 3.72. The number of nitrogens with zero attached hydrogens (tertiary/aromatic N) is 1. The first kappa shape index (κ1) is 15.2. The number of piperidine rings is 1. The van der Waals surface area contributed by atoms with Crippen molar-refractivity contribution in [2.45, 2.75) is 50.7 Å². The molecule has 2 aliphatic heterocycles. The maximum atomic E-state index is 12.4. The Bertz CT molecular complexity index is 565. The molecule has 1 spiro atoms. The Kier molecular flexibility index (Phi) is 3.93. The zero-order valence-electron chi connectivity index (χ0n) is 13.8. The summed E-state index contributed by atoms with van der Waals surface area (Å²) in [6.07, 6.45) is 3.99. The molecule has 0 aromatic carbocycles. The highest BCUT2D eigenvalue weighted by Crippen LogP contribution is 2.47. The van der Waals surface area contributed by atoms with Crippen LogP contribution in [0.1, 0.15) is 50.0 Å². The van der Waals surface area contributed by atoms with Crippen LogP contribution in [0.2, 0.25) is 0 Å². The topological polar surface area (TPSA) is 51.9 Å². The van der Waals surface area contributed by atoms with Crippen LogP contribution in [0.15, 0.2) is 16.5 Å². The number of hydrogen-bond acceptors (Lipinski definition) is 4. The van der Waals surface area contributed by atoms with Gasteiger partial charge in [-0.05, 0) is 24.5 Å². The molecule has 1 saturated carbocycles. The highest BCUT2D eigenvalue weighted by atomic mass is 16.7. The lowest BCUT2D eigenvalue weighted by molar-refractivity contribution is -0.187. The second kappa shape index (κ2) is 5.95. The van der Waals surface area contributed by atoms with Crippen LogP contribution in [-0.4, -0.2) is 42.9 Å². The Morgan fingerprint density at radius 3 is 2.61 bits per heavy atom. The van der Waals surface area contributed by atoms with Crippen molar-refractivity contribution < 1.29 is 18.7 Å². The van der Waals surface area contributed by atoms with Gasteiger partial charge in [0.05, 0.1) is 13.2 Å². The van der Waals surface area contributed by atoms with Crippen molar-refractivity contribution in [2.24, 2.45) is 5.92 Å². The molecule has 3 heterocycles. The van der Waals surface area contributed by atoms with E-state index in [0.717, 1.165) is 43.4 Å². The molecule has 1 aromatic rings. The van der Waals surface area contributed by atoms with Crippen LogP contribution in [0.25, 0.3) is 0 Å². The van der Waals surface area contributed by atoms with E-state index in [9.17, 15) is 4.79 Å². The molecular formula is C18H25NO4. The zero-order valence-corrected chi connectivity index (χ0v) is 13.8. The molecule has 1 aromatic heterocycles. The lowest BCUT2D eigenvalue weighted by Gasteiger charge is -2.37. The van der Waals surface area contributed by atoms with E-state index < -0.39 is 5.79 Å². The number of likely N-dealkylation sites (tertiary alicyclic amines) is 1. The first-order valence-electron chi connectivity index (χ1n) is 8.79. The molecule has 126 valence electrons. The highest BCUT2D eigenvalue weighted by molar-refractivity contribution is 5.76. The smallest absolute Gasteiger partial charge is 0.223 e. The van der Waals surface area contributed by atoms with E-state index in [1.807, 2.05) is 11.0 Å². The summed E-state index contributed by atoms with van der Waals surface area (Å²) in [6.45, 7) is 5.05. The molecule has 3 aliphatic rings. The molecule has 23 heavy (non-hydrogen) atoms. The van der Waals surface area contributed by atoms with Gasteiger partial charge in [-0.3, -0.25) is 4.79 Å². The van der Waals surface area contributed by atoms with Crippen molar-refractivity contribution in [3.8, 4) is 0 Å². The van der Waals surface area contributed by atoms with Gasteiger partial charge in [0, 0.05) is 44.7 Å². The average molecular weight is 319 g/mol. The molecule has 4 rings (SSSR count). The Hall–Kier alpha value is -1.33. The molecule has 0 radical (unpaired) electrons. The number of aryl methyl sites for hydroxylation is 1. The predicted molar refractivity (Wildman–Crippen MR) is 84.0 cm³/mol. The Labute approximate surface area is 136 Å². The van der Waals surface area contributed by atoms with Crippen molar-refractivity contribution >= 4 is 5.91 Å². The van der Waals surface area contributed by atoms with Gasteiger partial charge >= 0.3 is 0 Å². The number of hydrogen-bond donors (Lipinski definition) is 0. The van der Waals surface area contributed by atoms with Crippen LogP contribution >= 0.6 is 0 Å². The highest BCUT2D eigenvalue weighted by Gasteiger charge is 2.40. The summed E-state index contributed by atoms with van der Waals surface area (Å²) in [4.78, 5) is 14.3. The van der Waals surface area contributed by atoms with Crippen LogP contribution < -0.4 is 0 Å². The third kappa shape index (κ3) is 3.17. The van der Waals surface area contributed by atoms with Crippen molar-refractivity contribution in [3.63, 3.8) is 0 Å². The fourth-order valence-corrected chi connectivity index (χ4v) is 3.72. The second-order valence-corrected chi connectivity index (χ2v) is 7.11. The van der Waals surface area contributed by atoms with Crippen molar-refractivity contribution in [1.29, 1.82) is 0 Å². The number of carbonyl (C=O) groups excluding carboxylic acids is 1. The maximum Gasteiger partial charge on any atom is 0.223 e. The summed E-state index contributed by atoms with van der Waals surface area (Å²) in [6, 6.07) is 4.10. The third-order valence-electron chi connectivity index (χ3n) is 5.43. The van der Waals surface area contributed by atoms with E-state index in [-0.39, 0.29) is 5.91 Å². The molecule has 1 aliphatic carbocycles. The van der Waals surface area contributed by atoms with Gasteiger partial charge in [-0.25, -0.2) is 0 Å². The summed E-state index contributed by atoms with van der Waals surface area (Å²) < 4.78 is 17.3. The predicted octanol–water partition coefficient (Wildman–Crippen LogP) is 2.70. The van der Waals surface area contributed by atoms with E-state index >= 15 is 0 Å². The summed E-state index contributed by atoms with van der Waals surface area (Å²) in [5.41, 5.74) is 0. The molecule has 0 unspecified atom stereocenters. The van der Waals surface area contributed by atoms with Gasteiger partial charge in [0.25, 0.3) is 0 Å². The minimum Gasteiger partial charge on any atom is -0.466 e. The number of rotatable bonds is 4. The molecule has 5 nitrogen and oxygen atoms in total. The lowest BCUT2D eigenvalue weighted by atomic mass is 10.0. The normalized spacial score (nSPS) is 29.2. The van der Waals surface area contributed by atoms with E-state index in [1.165, 1.54) is 6.42 Å². The standard InChI is InChI=1S/C18H25NO4/c1-13-12-15(13)16-4-2-14(23-16)3-5-17(20)19-8-6-18(7-9-19)21-10-11-22-18/h2,4,13,15H,3,5-12H2,1H3/t13-,15-/m1/s1. The van der Waals surface area contributed by atoms with Gasteiger partial charge in [-0.2, -0.15) is 0 Å². The van der Waals surface area contributed by atoms with Gasteiger partial charge in [-0.1, -0.05) is 6.92 Å². The summed E-state index contributed by atoms with van der Waals surface area (Å²) in [7, 11) is 0. The van der Waals surface area contributed by atoms with Gasteiger partial charge in [0.2, 0.25) is 5.91 Å². The fraction of sp³-hybridized carbons (Fsp3) is 0.722. The molecule has 3 fully saturated rings. The first-order valence-corrected chi connectivity index (χ1v) is 8.79. The molecule has 0 bridgehead atoms. The number of amides is 1. The Morgan fingerprint density at radius 1 is 1.26 bits per heavy atom. The van der Waals surface area contributed by atoms with E-state index in [2.05, 4.69) is 13.0 Å². The largest absolute Gasteiger partial charge is 0.466 e. The van der Waals surface area contributed by atoms with Gasteiger partial charge in [0.1, 0.15) is 11.5 Å². The third-order valence-corrected chi connectivity index (χ3v) is 5.43. The average Bonchev–Trinajstić information content (AvgIpc) is 2.96. The summed E-state index contributed by atoms with van der Waals surface area (Å²) in [5.74, 6) is 3.17. The van der Waals surface area contributed by atoms with Gasteiger partial charge in [0.15, 0.2) is 5.79 Å². The van der Waals surface area contributed by atoms with Gasteiger partial charge < -0.3 is 18.8 Å². The Balaban J connectivity index is 1.25. The maximum absolute atomic E-state index is 12.4. The molecule has 5 heteroatoms. The van der Waals surface area contributed by atoms with Crippen LogP contribution in [0.3, 0.4) is 0 Å². The van der Waals surface area contributed by atoms with E-state index in [1.54, 1.807) is 0 Å². The summed E-state index contributed by atoms with van der Waals surface area (Å²) in [5, 5.41) is 0. The zero-order chi connectivity index (χ0) is 15.9. The number of furan rings is 1. The van der Waals surface area contributed by atoms with Crippen LogP contribution in [0, 0.1) is 5.92 Å². The molecular weight excluding hydrogens is 294 g/mol. The van der Waals surface area contributed by atoms with Crippen molar-refractivity contribution in [2.75, 3.05) is 26.3 Å². The number of ether oxygens (including phenoxy) is 2. The monoisotopic (exact) mass is 319 g/mol. The Morgan fingerprint density at radius 2 is 1.96 bits per heavy atom. The minimum absolute atomic E-state index is 0.204. The first-order chi connectivity index (χ1) is 11.2. The molecule has 2 atom stereocenters. The lowest BCUT2D eigenvalue weighted by Crippen LogP contribution is -2.47. The van der Waals surface area contributed by atoms with Gasteiger partial charge in [-0.15, -0.1) is 0 Å². The van der Waals surface area contributed by atoms with Crippen LogP contribution in [-0.2, 0) is 20.7 Å². The van der Waals surface area contributed by atoms with E-state index in [0.29, 0.717) is 32.0 Å². The number of carbonyl (C=O) groups is 1. The minimum atomic E-state index is -0.409. The molecule has 1 amide bonds. The second-order valence-electron chi connectivity index (χ2n) is 7.11. The van der Waals surface area contributed by atoms with Crippen LogP contribution in [0.4, 0.5) is 0 Å².